The molecule has 160 valence electrons. The maximum Gasteiger partial charge on any atom is 0.0605 e. The van der Waals surface area contributed by atoms with Gasteiger partial charge < -0.3 is 4.57 Å². The minimum atomic E-state index is 0.809. The van der Waals surface area contributed by atoms with Crippen molar-refractivity contribution >= 4 is 96.4 Å². The van der Waals surface area contributed by atoms with Gasteiger partial charge in [0.05, 0.1) is 20.8 Å². The van der Waals surface area contributed by atoms with E-state index in [4.69, 9.17) is 11.6 Å². The van der Waals surface area contributed by atoms with Gasteiger partial charge in [-0.05, 0) is 42.5 Å². The van der Waals surface area contributed by atoms with Crippen molar-refractivity contribution in [1.29, 1.82) is 0 Å². The van der Waals surface area contributed by atoms with Crippen LogP contribution in [-0.4, -0.2) is 4.57 Å². The molecule has 0 fully saturated rings. The predicted octanol–water partition coefficient (Wildman–Crippen LogP) is 10.2. The van der Waals surface area contributed by atoms with E-state index in [0.717, 1.165) is 15.4 Å². The fourth-order valence-corrected chi connectivity index (χ4v) is 8.00. The van der Waals surface area contributed by atoms with Crippen LogP contribution in [0.2, 0.25) is 5.02 Å². The van der Waals surface area contributed by atoms with E-state index in [1.807, 2.05) is 11.3 Å². The average Bonchev–Trinajstić information content (AvgIpc) is 3.53. The first kappa shape index (κ1) is 19.0. The Morgan fingerprint density at radius 2 is 1.12 bits per heavy atom. The predicted molar refractivity (Wildman–Crippen MR) is 152 cm³/mol. The highest BCUT2D eigenvalue weighted by atomic mass is 35.5. The fourth-order valence-electron chi connectivity index (χ4n) is 5.46. The second kappa shape index (κ2) is 6.83. The molecule has 8 rings (SSSR count). The number of para-hydroxylation sites is 2. The smallest absolute Gasteiger partial charge is 0.0605 e. The molecule has 0 unspecified atom stereocenters. The van der Waals surface area contributed by atoms with Crippen LogP contribution in [0, 0.1) is 0 Å². The van der Waals surface area contributed by atoms with Crippen LogP contribution in [-0.2, 0) is 0 Å². The topological polar surface area (TPSA) is 4.93 Å². The van der Waals surface area contributed by atoms with Crippen LogP contribution < -0.4 is 0 Å². The third-order valence-electron chi connectivity index (χ3n) is 6.85. The molecule has 4 heteroatoms. The standard InChI is InChI=1S/C30H16ClNS2/c31-22-16-17(32-23-10-4-1-7-18(23)19-8-2-5-11-24(19)32)15-21-29-27(34-30(21)22)14-13-26-28(29)20-9-3-6-12-25(20)33-26/h1-16H. The van der Waals surface area contributed by atoms with Crippen LogP contribution in [0.15, 0.2) is 97.1 Å². The lowest BCUT2D eigenvalue weighted by atomic mass is 10.0. The molecule has 0 saturated heterocycles. The van der Waals surface area contributed by atoms with Crippen molar-refractivity contribution < 1.29 is 0 Å². The largest absolute Gasteiger partial charge is 0.309 e. The van der Waals surface area contributed by atoms with E-state index in [-0.39, 0.29) is 0 Å². The van der Waals surface area contributed by atoms with Crippen LogP contribution in [0.1, 0.15) is 0 Å². The number of halogens is 1. The van der Waals surface area contributed by atoms with Crippen molar-refractivity contribution in [3.8, 4) is 5.69 Å². The van der Waals surface area contributed by atoms with Crippen molar-refractivity contribution in [3.63, 3.8) is 0 Å². The Morgan fingerprint density at radius 1 is 0.529 bits per heavy atom. The molecular weight excluding hydrogens is 474 g/mol. The third-order valence-corrected chi connectivity index (χ3v) is 9.60. The van der Waals surface area contributed by atoms with E-state index in [1.54, 1.807) is 11.3 Å². The number of aromatic nitrogens is 1. The number of hydrogen-bond donors (Lipinski definition) is 0. The normalized spacial score (nSPS) is 12.3. The summed E-state index contributed by atoms with van der Waals surface area (Å²) < 4.78 is 7.45. The second-order valence-corrected chi connectivity index (χ2v) is 11.2. The summed E-state index contributed by atoms with van der Waals surface area (Å²) in [6.07, 6.45) is 0. The van der Waals surface area contributed by atoms with Gasteiger partial charge in [0.1, 0.15) is 0 Å². The number of nitrogens with zero attached hydrogens (tertiary/aromatic N) is 1. The maximum atomic E-state index is 7.00. The van der Waals surface area contributed by atoms with Crippen LogP contribution in [0.5, 0.6) is 0 Å². The van der Waals surface area contributed by atoms with E-state index in [0.29, 0.717) is 0 Å². The highest BCUT2D eigenvalue weighted by Gasteiger charge is 2.18. The first-order valence-corrected chi connectivity index (χ1v) is 13.2. The van der Waals surface area contributed by atoms with Gasteiger partial charge in [0.15, 0.2) is 0 Å². The Balaban J connectivity index is 1.56. The highest BCUT2D eigenvalue weighted by Crippen LogP contribution is 2.47. The second-order valence-electron chi connectivity index (χ2n) is 8.69. The summed E-state index contributed by atoms with van der Waals surface area (Å²) in [4.78, 5) is 0. The Kier molecular flexibility index (Phi) is 3.82. The molecule has 0 atom stereocenters. The van der Waals surface area contributed by atoms with E-state index in [9.17, 15) is 0 Å². The van der Waals surface area contributed by atoms with Gasteiger partial charge in [-0.1, -0.05) is 66.2 Å². The van der Waals surface area contributed by atoms with Crippen LogP contribution in [0.3, 0.4) is 0 Å². The summed E-state index contributed by atoms with van der Waals surface area (Å²) in [7, 11) is 0. The lowest BCUT2D eigenvalue weighted by Crippen LogP contribution is -1.93. The molecule has 5 aromatic carbocycles. The fraction of sp³-hybridized carbons (Fsp3) is 0. The van der Waals surface area contributed by atoms with Gasteiger partial charge in [0, 0.05) is 52.1 Å². The molecule has 0 bridgehead atoms. The van der Waals surface area contributed by atoms with Crippen molar-refractivity contribution in [2.75, 3.05) is 0 Å². The summed E-state index contributed by atoms with van der Waals surface area (Å²) in [5.41, 5.74) is 3.50. The molecule has 0 aliphatic rings. The lowest BCUT2D eigenvalue weighted by Gasteiger charge is -2.09. The van der Waals surface area contributed by atoms with Crippen LogP contribution >= 0.6 is 34.3 Å². The van der Waals surface area contributed by atoms with Crippen molar-refractivity contribution in [3.05, 3.63) is 102 Å². The lowest BCUT2D eigenvalue weighted by molar-refractivity contribution is 1.19. The SMILES string of the molecule is Clc1cc(-n2c3ccccc3c3ccccc32)cc2c1sc1ccc3sc4ccccc4c3c12. The van der Waals surface area contributed by atoms with E-state index in [2.05, 4.69) is 102 Å². The molecule has 0 aliphatic carbocycles. The van der Waals surface area contributed by atoms with Gasteiger partial charge in [-0.2, -0.15) is 0 Å². The van der Waals surface area contributed by atoms with Crippen LogP contribution in [0.4, 0.5) is 0 Å². The zero-order valence-electron chi connectivity index (χ0n) is 17.9. The van der Waals surface area contributed by atoms with E-state index >= 15 is 0 Å². The van der Waals surface area contributed by atoms with Gasteiger partial charge in [0.25, 0.3) is 0 Å². The molecule has 0 aliphatic heterocycles. The number of hydrogen-bond acceptors (Lipinski definition) is 2. The summed E-state index contributed by atoms with van der Waals surface area (Å²) in [6, 6.07) is 35.0. The molecule has 0 amide bonds. The van der Waals surface area contributed by atoms with Gasteiger partial charge in [0.2, 0.25) is 0 Å². The van der Waals surface area contributed by atoms with Crippen LogP contribution in [0.25, 0.3) is 67.8 Å². The van der Waals surface area contributed by atoms with E-state index in [1.165, 1.54) is 57.5 Å². The van der Waals surface area contributed by atoms with Crippen molar-refractivity contribution in [2.24, 2.45) is 0 Å². The first-order chi connectivity index (χ1) is 16.8. The zero-order valence-corrected chi connectivity index (χ0v) is 20.3. The summed E-state index contributed by atoms with van der Waals surface area (Å²) in [6.45, 7) is 0. The monoisotopic (exact) mass is 489 g/mol. The van der Waals surface area contributed by atoms with Gasteiger partial charge >= 0.3 is 0 Å². The van der Waals surface area contributed by atoms with Crippen molar-refractivity contribution in [1.82, 2.24) is 4.57 Å². The van der Waals surface area contributed by atoms with E-state index < -0.39 is 0 Å². The zero-order chi connectivity index (χ0) is 22.4. The Bertz CT molecular complexity index is 2040. The Labute approximate surface area is 208 Å². The minimum absolute atomic E-state index is 0.809. The first-order valence-electron chi connectivity index (χ1n) is 11.2. The summed E-state index contributed by atoms with van der Waals surface area (Å²) in [5.74, 6) is 0. The highest BCUT2D eigenvalue weighted by molar-refractivity contribution is 7.28. The summed E-state index contributed by atoms with van der Waals surface area (Å²) in [5, 5.41) is 8.55. The number of rotatable bonds is 1. The van der Waals surface area contributed by atoms with Gasteiger partial charge in [-0.3, -0.25) is 0 Å². The average molecular weight is 490 g/mol. The van der Waals surface area contributed by atoms with Gasteiger partial charge in [-0.15, -0.1) is 22.7 Å². The molecule has 0 saturated carbocycles. The van der Waals surface area contributed by atoms with Gasteiger partial charge in [-0.25, -0.2) is 0 Å². The molecular formula is C30H16ClNS2. The number of benzene rings is 5. The Hall–Kier alpha value is -3.37. The molecule has 0 spiro atoms. The Morgan fingerprint density at radius 3 is 1.85 bits per heavy atom. The maximum absolute atomic E-state index is 7.00. The number of thiophene rings is 2. The molecule has 3 heterocycles. The molecule has 0 radical (unpaired) electrons. The minimum Gasteiger partial charge on any atom is -0.309 e. The van der Waals surface area contributed by atoms with Crippen molar-refractivity contribution in [2.45, 2.75) is 0 Å². The molecule has 3 aromatic heterocycles. The molecule has 0 N–H and O–H groups in total. The molecule has 1 nitrogen and oxygen atoms in total. The molecule has 8 aromatic rings. The quantitative estimate of drug-likeness (QED) is 0.216. The number of fused-ring (bicyclic) bond motifs is 10. The summed E-state index contributed by atoms with van der Waals surface area (Å²) >= 11 is 10.7. The third kappa shape index (κ3) is 2.44. The molecule has 34 heavy (non-hydrogen) atoms.